The Kier molecular flexibility index (Phi) is 4.02. The lowest BCUT2D eigenvalue weighted by Crippen LogP contribution is -2.54. The number of carbonyl (C=O) groups is 2. The average molecular weight is 319 g/mol. The number of nitrogens with two attached hydrogens (primary N) is 1. The van der Waals surface area contributed by atoms with E-state index in [0.29, 0.717) is 36.8 Å². The highest BCUT2D eigenvalue weighted by molar-refractivity contribution is 6.09. The van der Waals surface area contributed by atoms with Crippen molar-refractivity contribution in [2.75, 3.05) is 23.4 Å². The van der Waals surface area contributed by atoms with Crippen LogP contribution in [0.4, 0.5) is 11.4 Å². The number of fused-ring (bicyclic) bond motifs is 2. The summed E-state index contributed by atoms with van der Waals surface area (Å²) in [7, 11) is 0. The van der Waals surface area contributed by atoms with Crippen molar-refractivity contribution in [1.82, 2.24) is 0 Å². The molecule has 2 aliphatic heterocycles. The number of anilines is 2. The first-order valence-corrected chi connectivity index (χ1v) is 7.85. The summed E-state index contributed by atoms with van der Waals surface area (Å²) in [6, 6.07) is 2.44. The Morgan fingerprint density at radius 2 is 2.04 bits per heavy atom. The summed E-state index contributed by atoms with van der Waals surface area (Å²) in [6.07, 6.45) is 1.52. The van der Waals surface area contributed by atoms with E-state index in [2.05, 4.69) is 5.32 Å². The fraction of sp³-hybridized carbons (Fsp3) is 0.500. The van der Waals surface area contributed by atoms with E-state index in [1.165, 1.54) is 4.90 Å². The largest absolute Gasteiger partial charge is 0.486 e. The van der Waals surface area contributed by atoms with Crippen LogP contribution in [0.25, 0.3) is 0 Å². The fourth-order valence-electron chi connectivity index (χ4n) is 2.94. The molecule has 2 unspecified atom stereocenters. The molecular formula is C16H21N3O4. The van der Waals surface area contributed by atoms with Gasteiger partial charge in [-0.2, -0.15) is 0 Å². The number of rotatable bonds is 4. The van der Waals surface area contributed by atoms with E-state index >= 15 is 0 Å². The normalized spacial score (nSPS) is 20.5. The number of nitrogens with one attached hydrogen (secondary N) is 1. The van der Waals surface area contributed by atoms with E-state index in [9.17, 15) is 9.59 Å². The Hall–Kier alpha value is -2.44. The quantitative estimate of drug-likeness (QED) is 0.871. The lowest BCUT2D eigenvalue weighted by molar-refractivity contribution is -0.124. The molecule has 0 saturated carbocycles. The zero-order valence-corrected chi connectivity index (χ0v) is 13.3. The van der Waals surface area contributed by atoms with Crippen molar-refractivity contribution in [2.45, 2.75) is 38.8 Å². The Morgan fingerprint density at radius 1 is 1.39 bits per heavy atom. The van der Waals surface area contributed by atoms with Gasteiger partial charge in [-0.3, -0.25) is 14.5 Å². The summed E-state index contributed by atoms with van der Waals surface area (Å²) in [5, 5.41) is 3.24. The monoisotopic (exact) mass is 319 g/mol. The number of carbonyl (C=O) groups excluding carboxylic acids is 2. The van der Waals surface area contributed by atoms with Gasteiger partial charge < -0.3 is 20.5 Å². The lowest BCUT2D eigenvalue weighted by atomic mass is 10.0. The van der Waals surface area contributed by atoms with Crippen molar-refractivity contribution in [3.05, 3.63) is 12.1 Å². The third-order valence-electron chi connectivity index (χ3n) is 4.16. The molecular weight excluding hydrogens is 298 g/mol. The maximum absolute atomic E-state index is 12.8. The molecule has 124 valence electrons. The zero-order chi connectivity index (χ0) is 16.6. The first-order chi connectivity index (χ1) is 11.0. The zero-order valence-electron chi connectivity index (χ0n) is 13.3. The molecule has 1 aromatic rings. The van der Waals surface area contributed by atoms with Crippen LogP contribution in [0.5, 0.6) is 11.5 Å². The van der Waals surface area contributed by atoms with E-state index in [0.717, 1.165) is 12.1 Å². The topological polar surface area (TPSA) is 93.9 Å². The molecule has 23 heavy (non-hydrogen) atoms. The van der Waals surface area contributed by atoms with Crippen LogP contribution in [-0.2, 0) is 9.59 Å². The molecule has 2 amide bonds. The standard InChI is InChI=1S/C16H21N3O4/c1-3-4-10-16(21)19(9(2)15(17)20)12-8-14-13(7-11(12)18-10)22-5-6-23-14/h7-10,18H,3-6H2,1-2H3,(H2,17,20). The Bertz CT molecular complexity index is 646. The van der Waals surface area contributed by atoms with Crippen LogP contribution in [0.1, 0.15) is 26.7 Å². The molecule has 3 N–H and O–H groups in total. The summed E-state index contributed by atoms with van der Waals surface area (Å²) < 4.78 is 11.2. The Morgan fingerprint density at radius 3 is 2.65 bits per heavy atom. The van der Waals surface area contributed by atoms with Gasteiger partial charge in [0.2, 0.25) is 11.8 Å². The van der Waals surface area contributed by atoms with Crippen molar-refractivity contribution in [1.29, 1.82) is 0 Å². The second-order valence-electron chi connectivity index (χ2n) is 5.79. The molecule has 0 spiro atoms. The minimum atomic E-state index is -0.731. The van der Waals surface area contributed by atoms with Gasteiger partial charge in [0.05, 0.1) is 11.4 Å². The molecule has 0 fully saturated rings. The van der Waals surface area contributed by atoms with E-state index in [1.807, 2.05) is 13.0 Å². The van der Waals surface area contributed by atoms with Crippen molar-refractivity contribution < 1.29 is 19.1 Å². The second kappa shape index (κ2) is 5.98. The maximum Gasteiger partial charge on any atom is 0.250 e. The summed E-state index contributed by atoms with van der Waals surface area (Å²) in [5.74, 6) is 0.512. The minimum Gasteiger partial charge on any atom is -0.486 e. The molecule has 2 atom stereocenters. The summed E-state index contributed by atoms with van der Waals surface area (Å²) in [5.41, 5.74) is 6.78. The molecule has 0 radical (unpaired) electrons. The molecule has 2 aliphatic rings. The summed E-state index contributed by atoms with van der Waals surface area (Å²) in [6.45, 7) is 4.59. The second-order valence-corrected chi connectivity index (χ2v) is 5.79. The third-order valence-corrected chi connectivity index (χ3v) is 4.16. The molecule has 2 heterocycles. The van der Waals surface area contributed by atoms with Gasteiger partial charge in [-0.1, -0.05) is 13.3 Å². The third kappa shape index (κ3) is 2.67. The molecule has 0 aliphatic carbocycles. The smallest absolute Gasteiger partial charge is 0.250 e. The summed E-state index contributed by atoms with van der Waals surface area (Å²) >= 11 is 0. The van der Waals surface area contributed by atoms with Crippen LogP contribution in [-0.4, -0.2) is 37.1 Å². The predicted molar refractivity (Wildman–Crippen MR) is 85.9 cm³/mol. The number of primary amides is 1. The highest BCUT2D eigenvalue weighted by Crippen LogP contribution is 2.43. The number of ether oxygens (including phenoxy) is 2. The summed E-state index contributed by atoms with van der Waals surface area (Å²) in [4.78, 5) is 25.9. The van der Waals surface area contributed by atoms with Gasteiger partial charge in [0.25, 0.3) is 0 Å². The van der Waals surface area contributed by atoms with Crippen LogP contribution < -0.4 is 25.4 Å². The van der Waals surface area contributed by atoms with Crippen molar-refractivity contribution in [3.8, 4) is 11.5 Å². The van der Waals surface area contributed by atoms with E-state index in [4.69, 9.17) is 15.2 Å². The number of hydrogen-bond donors (Lipinski definition) is 2. The van der Waals surface area contributed by atoms with E-state index in [1.54, 1.807) is 13.0 Å². The SMILES string of the molecule is CCCC1Nc2cc3c(cc2N(C(C)C(N)=O)C1=O)OCCO3. The fourth-order valence-corrected chi connectivity index (χ4v) is 2.94. The number of benzene rings is 1. The van der Waals surface area contributed by atoms with Crippen LogP contribution in [0.15, 0.2) is 12.1 Å². The van der Waals surface area contributed by atoms with Gasteiger partial charge in [0.1, 0.15) is 25.3 Å². The molecule has 3 rings (SSSR count). The highest BCUT2D eigenvalue weighted by Gasteiger charge is 2.37. The number of nitrogens with zero attached hydrogens (tertiary/aromatic N) is 1. The van der Waals surface area contributed by atoms with Crippen molar-refractivity contribution >= 4 is 23.2 Å². The van der Waals surface area contributed by atoms with Gasteiger partial charge in [-0.05, 0) is 13.3 Å². The van der Waals surface area contributed by atoms with Crippen LogP contribution >= 0.6 is 0 Å². The molecule has 0 saturated heterocycles. The maximum atomic E-state index is 12.8. The molecule has 0 aromatic heterocycles. The molecule has 7 nitrogen and oxygen atoms in total. The van der Waals surface area contributed by atoms with E-state index in [-0.39, 0.29) is 11.9 Å². The lowest BCUT2D eigenvalue weighted by Gasteiger charge is -2.38. The van der Waals surface area contributed by atoms with Crippen LogP contribution in [0, 0.1) is 0 Å². The van der Waals surface area contributed by atoms with E-state index < -0.39 is 11.9 Å². The minimum absolute atomic E-state index is 0.151. The first kappa shape index (κ1) is 15.5. The van der Waals surface area contributed by atoms with Gasteiger partial charge in [0, 0.05) is 12.1 Å². The van der Waals surface area contributed by atoms with Gasteiger partial charge in [0.15, 0.2) is 11.5 Å². The van der Waals surface area contributed by atoms with Crippen LogP contribution in [0.3, 0.4) is 0 Å². The predicted octanol–water partition coefficient (Wildman–Crippen LogP) is 1.26. The first-order valence-electron chi connectivity index (χ1n) is 7.85. The molecule has 7 heteroatoms. The van der Waals surface area contributed by atoms with Gasteiger partial charge in [-0.25, -0.2) is 0 Å². The number of hydrogen-bond acceptors (Lipinski definition) is 5. The van der Waals surface area contributed by atoms with Gasteiger partial charge >= 0.3 is 0 Å². The average Bonchev–Trinajstić information content (AvgIpc) is 2.53. The van der Waals surface area contributed by atoms with Crippen molar-refractivity contribution in [2.24, 2.45) is 5.73 Å². The van der Waals surface area contributed by atoms with Crippen LogP contribution in [0.2, 0.25) is 0 Å². The van der Waals surface area contributed by atoms with Crippen molar-refractivity contribution in [3.63, 3.8) is 0 Å². The number of amides is 2. The highest BCUT2D eigenvalue weighted by atomic mass is 16.6. The Balaban J connectivity index is 2.08. The van der Waals surface area contributed by atoms with Gasteiger partial charge in [-0.15, -0.1) is 0 Å². The molecule has 0 bridgehead atoms. The molecule has 1 aromatic carbocycles. The Labute approximate surface area is 134 Å².